The minimum Gasteiger partial charge on any atom is -0.497 e. The SMILES string of the molecule is COc1ccc(OC)c(C2CC(c3ccccc3OC)NC(N)=N2)c1. The third-order valence-electron chi connectivity index (χ3n) is 4.39. The van der Waals surface area contributed by atoms with Crippen molar-refractivity contribution in [1.29, 1.82) is 0 Å². The summed E-state index contributed by atoms with van der Waals surface area (Å²) in [6.45, 7) is 0. The number of benzene rings is 2. The van der Waals surface area contributed by atoms with Crippen LogP contribution in [0, 0.1) is 0 Å². The molecule has 3 N–H and O–H groups in total. The van der Waals surface area contributed by atoms with Crippen LogP contribution < -0.4 is 25.3 Å². The molecule has 132 valence electrons. The predicted octanol–water partition coefficient (Wildman–Crippen LogP) is 2.80. The Balaban J connectivity index is 1.97. The van der Waals surface area contributed by atoms with E-state index in [4.69, 9.17) is 19.9 Å². The molecule has 0 amide bonds. The Hall–Kier alpha value is -2.89. The largest absolute Gasteiger partial charge is 0.497 e. The van der Waals surface area contributed by atoms with E-state index in [1.807, 2.05) is 42.5 Å². The van der Waals surface area contributed by atoms with Crippen LogP contribution in [0.1, 0.15) is 29.6 Å². The summed E-state index contributed by atoms with van der Waals surface area (Å²) in [5, 5.41) is 3.25. The van der Waals surface area contributed by atoms with E-state index in [1.165, 1.54) is 0 Å². The molecule has 2 aromatic rings. The van der Waals surface area contributed by atoms with Gasteiger partial charge in [0.1, 0.15) is 17.2 Å². The summed E-state index contributed by atoms with van der Waals surface area (Å²) in [6, 6.07) is 13.5. The first kappa shape index (κ1) is 17.0. The monoisotopic (exact) mass is 341 g/mol. The molecule has 1 heterocycles. The third kappa shape index (κ3) is 3.47. The molecule has 2 atom stereocenters. The maximum absolute atomic E-state index is 6.07. The Bertz CT molecular complexity index is 776. The molecule has 0 aromatic heterocycles. The minimum atomic E-state index is -0.138. The normalized spacial score (nSPS) is 19.6. The molecule has 0 aliphatic carbocycles. The van der Waals surface area contributed by atoms with E-state index in [0.717, 1.165) is 34.8 Å². The van der Waals surface area contributed by atoms with Crippen LogP contribution >= 0.6 is 0 Å². The molecule has 1 aliphatic rings. The first-order valence-corrected chi connectivity index (χ1v) is 8.11. The Kier molecular flexibility index (Phi) is 4.97. The molecule has 3 rings (SSSR count). The van der Waals surface area contributed by atoms with Crippen LogP contribution in [0.25, 0.3) is 0 Å². The lowest BCUT2D eigenvalue weighted by Gasteiger charge is -2.30. The lowest BCUT2D eigenvalue weighted by molar-refractivity contribution is 0.381. The van der Waals surface area contributed by atoms with Gasteiger partial charge in [0.25, 0.3) is 0 Å². The van der Waals surface area contributed by atoms with Crippen molar-refractivity contribution in [3.05, 3.63) is 53.6 Å². The molecule has 25 heavy (non-hydrogen) atoms. The molecule has 2 unspecified atom stereocenters. The third-order valence-corrected chi connectivity index (χ3v) is 4.39. The second kappa shape index (κ2) is 7.34. The Morgan fingerprint density at radius 2 is 1.68 bits per heavy atom. The zero-order chi connectivity index (χ0) is 17.8. The number of aliphatic imine (C=N–C) groups is 1. The van der Waals surface area contributed by atoms with Crippen LogP contribution in [0.5, 0.6) is 17.2 Å². The maximum atomic E-state index is 6.07. The first-order valence-electron chi connectivity index (χ1n) is 8.11. The van der Waals surface area contributed by atoms with Gasteiger partial charge in [-0.15, -0.1) is 0 Å². The van der Waals surface area contributed by atoms with E-state index in [-0.39, 0.29) is 12.1 Å². The van der Waals surface area contributed by atoms with Crippen LogP contribution in [0.3, 0.4) is 0 Å². The van der Waals surface area contributed by atoms with Crippen LogP contribution in [0.15, 0.2) is 47.5 Å². The number of guanidine groups is 1. The number of para-hydroxylation sites is 1. The fourth-order valence-electron chi connectivity index (χ4n) is 3.17. The number of nitrogens with two attached hydrogens (primary N) is 1. The van der Waals surface area contributed by atoms with Gasteiger partial charge in [0.05, 0.1) is 33.4 Å². The van der Waals surface area contributed by atoms with Crippen molar-refractivity contribution in [1.82, 2.24) is 5.32 Å². The summed E-state index contributed by atoms with van der Waals surface area (Å²) >= 11 is 0. The Labute approximate surface area is 147 Å². The molecule has 2 aromatic carbocycles. The lowest BCUT2D eigenvalue weighted by atomic mass is 9.92. The van der Waals surface area contributed by atoms with Crippen molar-refractivity contribution in [2.75, 3.05) is 21.3 Å². The van der Waals surface area contributed by atoms with Crippen molar-refractivity contribution < 1.29 is 14.2 Å². The highest BCUT2D eigenvalue weighted by molar-refractivity contribution is 5.79. The van der Waals surface area contributed by atoms with Crippen LogP contribution in [-0.2, 0) is 0 Å². The Morgan fingerprint density at radius 1 is 0.960 bits per heavy atom. The predicted molar refractivity (Wildman–Crippen MR) is 97.4 cm³/mol. The molecule has 1 aliphatic heterocycles. The number of nitrogens with one attached hydrogen (secondary N) is 1. The van der Waals surface area contributed by atoms with Crippen LogP contribution in [0.2, 0.25) is 0 Å². The fraction of sp³-hybridized carbons (Fsp3) is 0.316. The summed E-state index contributed by atoms with van der Waals surface area (Å²) in [4.78, 5) is 4.57. The summed E-state index contributed by atoms with van der Waals surface area (Å²) in [6.07, 6.45) is 0.727. The van der Waals surface area contributed by atoms with Crippen molar-refractivity contribution in [2.24, 2.45) is 10.7 Å². The summed E-state index contributed by atoms with van der Waals surface area (Å²) in [7, 11) is 4.96. The van der Waals surface area contributed by atoms with E-state index in [9.17, 15) is 0 Å². The molecule has 0 saturated carbocycles. The van der Waals surface area contributed by atoms with E-state index in [0.29, 0.717) is 5.96 Å². The summed E-state index contributed by atoms with van der Waals surface area (Å²) in [5.74, 6) is 2.75. The average molecular weight is 341 g/mol. The molecule has 0 bridgehead atoms. The lowest BCUT2D eigenvalue weighted by Crippen LogP contribution is -2.39. The van der Waals surface area contributed by atoms with Gasteiger partial charge in [-0.3, -0.25) is 0 Å². The summed E-state index contributed by atoms with van der Waals surface area (Å²) in [5.41, 5.74) is 8.07. The number of nitrogens with zero attached hydrogens (tertiary/aromatic N) is 1. The minimum absolute atomic E-state index is 0.00504. The molecule has 0 fully saturated rings. The van der Waals surface area contributed by atoms with Crippen molar-refractivity contribution in [2.45, 2.75) is 18.5 Å². The quantitative estimate of drug-likeness (QED) is 0.874. The second-order valence-corrected chi connectivity index (χ2v) is 5.81. The molecule has 6 nitrogen and oxygen atoms in total. The maximum Gasteiger partial charge on any atom is 0.189 e. The van der Waals surface area contributed by atoms with Gasteiger partial charge in [0, 0.05) is 11.1 Å². The fourth-order valence-corrected chi connectivity index (χ4v) is 3.17. The molecule has 0 spiro atoms. The highest BCUT2D eigenvalue weighted by Crippen LogP contribution is 2.40. The number of rotatable bonds is 5. The standard InChI is InChI=1S/C19H23N3O3/c1-23-12-8-9-18(25-3)14(10-12)16-11-15(21-19(20)22-16)13-6-4-5-7-17(13)24-2/h4-10,15-16H,11H2,1-3H3,(H3,20,21,22). The molecular weight excluding hydrogens is 318 g/mol. The molecular formula is C19H23N3O3. The average Bonchev–Trinajstić information content (AvgIpc) is 2.66. The van der Waals surface area contributed by atoms with Gasteiger partial charge in [-0.25, -0.2) is 4.99 Å². The van der Waals surface area contributed by atoms with Gasteiger partial charge in [-0.1, -0.05) is 18.2 Å². The molecule has 0 radical (unpaired) electrons. The zero-order valence-corrected chi connectivity index (χ0v) is 14.7. The Morgan fingerprint density at radius 3 is 2.40 bits per heavy atom. The van der Waals surface area contributed by atoms with Crippen LogP contribution in [0.4, 0.5) is 0 Å². The zero-order valence-electron chi connectivity index (χ0n) is 14.7. The van der Waals surface area contributed by atoms with Gasteiger partial charge >= 0.3 is 0 Å². The topological polar surface area (TPSA) is 78.1 Å². The molecule has 6 heteroatoms. The first-order chi connectivity index (χ1) is 12.2. The smallest absolute Gasteiger partial charge is 0.189 e. The van der Waals surface area contributed by atoms with Gasteiger partial charge in [-0.2, -0.15) is 0 Å². The van der Waals surface area contributed by atoms with E-state index in [2.05, 4.69) is 10.3 Å². The van der Waals surface area contributed by atoms with Gasteiger partial charge < -0.3 is 25.3 Å². The van der Waals surface area contributed by atoms with Crippen molar-refractivity contribution in [3.8, 4) is 17.2 Å². The summed E-state index contributed by atoms with van der Waals surface area (Å²) < 4.78 is 16.3. The van der Waals surface area contributed by atoms with Gasteiger partial charge in [0.15, 0.2) is 5.96 Å². The van der Waals surface area contributed by atoms with Gasteiger partial charge in [0.2, 0.25) is 0 Å². The number of hydrogen-bond donors (Lipinski definition) is 2. The van der Waals surface area contributed by atoms with E-state index in [1.54, 1.807) is 21.3 Å². The number of methoxy groups -OCH3 is 3. The highest BCUT2D eigenvalue weighted by atomic mass is 16.5. The van der Waals surface area contributed by atoms with Crippen molar-refractivity contribution in [3.63, 3.8) is 0 Å². The number of ether oxygens (including phenoxy) is 3. The van der Waals surface area contributed by atoms with Crippen molar-refractivity contribution >= 4 is 5.96 Å². The molecule has 0 saturated heterocycles. The van der Waals surface area contributed by atoms with E-state index < -0.39 is 0 Å². The highest BCUT2D eigenvalue weighted by Gasteiger charge is 2.28. The second-order valence-electron chi connectivity index (χ2n) is 5.81. The van der Waals surface area contributed by atoms with Crippen LogP contribution in [-0.4, -0.2) is 27.3 Å². The number of hydrogen-bond acceptors (Lipinski definition) is 6. The van der Waals surface area contributed by atoms with E-state index >= 15 is 0 Å². The van der Waals surface area contributed by atoms with Gasteiger partial charge in [-0.05, 0) is 30.7 Å².